The average molecular weight is 363 g/mol. The third kappa shape index (κ3) is 3.08. The maximum atomic E-state index is 12.6. The Morgan fingerprint density at radius 2 is 0.765 bits per heavy atom. The molecule has 1 aromatic rings. The molecule has 0 aliphatic heterocycles. The fourth-order valence-electron chi connectivity index (χ4n) is 0.960. The summed E-state index contributed by atoms with van der Waals surface area (Å²) in [6, 6.07) is 0. The molecule has 0 aliphatic carbocycles. The van der Waals surface area contributed by atoms with Crippen molar-refractivity contribution >= 4 is 72.3 Å². The quantitative estimate of drug-likeness (QED) is 0.505. The number of halogens is 6. The molecule has 0 saturated carbocycles. The lowest BCUT2D eigenvalue weighted by Crippen LogP contribution is -1.89. The maximum absolute atomic E-state index is 12.6. The Bertz CT molecular complexity index is 383. The van der Waals surface area contributed by atoms with Crippen LogP contribution < -0.4 is 0 Å². The summed E-state index contributed by atoms with van der Waals surface area (Å²) in [4.78, 5) is -2.50. The highest BCUT2D eigenvalue weighted by atomic mass is 35.5. The molecule has 0 aromatic heterocycles. The molecule has 1 rings (SSSR count). The highest BCUT2D eigenvalue weighted by Crippen LogP contribution is 2.53. The van der Waals surface area contributed by atoms with Crippen LogP contribution in [0.4, 0.5) is 19.4 Å². The predicted molar refractivity (Wildman–Crippen MR) is 66.3 cm³/mol. The molecule has 0 fully saturated rings. The summed E-state index contributed by atoms with van der Waals surface area (Å²) >= 11 is 3.20. The van der Waals surface area contributed by atoms with E-state index in [9.17, 15) is 19.4 Å². The minimum Gasteiger partial charge on any atom is -0.159 e. The van der Waals surface area contributed by atoms with Crippen molar-refractivity contribution in [2.75, 3.05) is 0 Å². The topological polar surface area (TPSA) is 0 Å². The minimum atomic E-state index is -0.533. The summed E-state index contributed by atoms with van der Waals surface area (Å²) in [6.07, 6.45) is 0. The number of hydrogen-bond donors (Lipinski definition) is 0. The predicted octanol–water partition coefficient (Wildman–Crippen LogP) is 7.22. The maximum Gasteiger partial charge on any atom is 0.0841 e. The Kier molecular flexibility index (Phi) is 7.03. The van der Waals surface area contributed by atoms with E-state index < -0.39 is 90.2 Å². The molecular weight excluding hydrogens is 363 g/mol. The van der Waals surface area contributed by atoms with E-state index in [2.05, 4.69) is 0 Å². The van der Waals surface area contributed by atoms with Crippen molar-refractivity contribution in [3.05, 3.63) is 5.02 Å². The first kappa shape index (κ1) is 16.0. The van der Waals surface area contributed by atoms with Crippen LogP contribution in [0.1, 0.15) is 0 Å². The Labute approximate surface area is 121 Å². The van der Waals surface area contributed by atoms with Crippen LogP contribution in [-0.4, -0.2) is 0 Å². The minimum absolute atomic E-state index is 0.460. The smallest absolute Gasteiger partial charge is 0.0841 e. The van der Waals surface area contributed by atoms with E-state index in [1.165, 1.54) is 0 Å². The Balaban J connectivity index is 3.66. The second-order valence-electron chi connectivity index (χ2n) is 2.35. The van der Waals surface area contributed by atoms with Crippen LogP contribution in [0.25, 0.3) is 0 Å². The van der Waals surface area contributed by atoms with E-state index in [-0.39, 0.29) is 0 Å². The molecular formula is C6ClF5S5. The van der Waals surface area contributed by atoms with Gasteiger partial charge in [-0.05, 0) is 0 Å². The van der Waals surface area contributed by atoms with Gasteiger partial charge in [-0.15, -0.1) is 0 Å². The normalized spacial score (nSPS) is 10.9. The van der Waals surface area contributed by atoms with Gasteiger partial charge in [0.2, 0.25) is 0 Å². The molecule has 1 aromatic carbocycles. The van der Waals surface area contributed by atoms with Crippen molar-refractivity contribution in [3.63, 3.8) is 0 Å². The van der Waals surface area contributed by atoms with Crippen molar-refractivity contribution in [2.45, 2.75) is 24.5 Å². The van der Waals surface area contributed by atoms with Crippen molar-refractivity contribution in [1.29, 1.82) is 0 Å². The van der Waals surface area contributed by atoms with Gasteiger partial charge in [0.05, 0.1) is 90.2 Å². The zero-order valence-corrected chi connectivity index (χ0v) is 12.1. The highest BCUT2D eigenvalue weighted by molar-refractivity contribution is 8.00. The third-order valence-electron chi connectivity index (χ3n) is 1.61. The summed E-state index contributed by atoms with van der Waals surface area (Å²) in [7, 11) is 0. The average Bonchev–Trinajstić information content (AvgIpc) is 2.36. The molecule has 0 nitrogen and oxygen atoms in total. The van der Waals surface area contributed by atoms with Gasteiger partial charge in [0.25, 0.3) is 0 Å². The summed E-state index contributed by atoms with van der Waals surface area (Å²) in [5.41, 5.74) is 0. The van der Waals surface area contributed by atoms with Crippen LogP contribution in [0.3, 0.4) is 0 Å². The van der Waals surface area contributed by atoms with Crippen LogP contribution >= 0.6 is 72.3 Å². The zero-order chi connectivity index (χ0) is 13.0. The molecule has 0 aliphatic rings. The number of rotatable bonds is 5. The Morgan fingerprint density at radius 3 is 1.00 bits per heavy atom. The van der Waals surface area contributed by atoms with Gasteiger partial charge < -0.3 is 0 Å². The Hall–Kier alpha value is 0.910. The first-order chi connectivity index (χ1) is 8.15. The summed E-state index contributed by atoms with van der Waals surface area (Å²) in [5.74, 6) is 0. The van der Waals surface area contributed by atoms with Crippen LogP contribution in [0.5, 0.6) is 0 Å². The van der Waals surface area contributed by atoms with E-state index in [1.807, 2.05) is 0 Å². The van der Waals surface area contributed by atoms with Crippen LogP contribution in [0.2, 0.25) is 5.02 Å². The molecule has 0 spiro atoms. The molecule has 11 heteroatoms. The standard InChI is InChI=1S/C6ClF5S5/c7-1-2(13-8)4(15-10)6(17-12)5(16-11)3(1)14-9. The van der Waals surface area contributed by atoms with Crippen molar-refractivity contribution < 1.29 is 19.4 Å². The SMILES string of the molecule is FSc1c(Cl)c(SF)c(SF)c(SF)c1SF. The second kappa shape index (κ2) is 7.49. The number of benzene rings is 1. The van der Waals surface area contributed by atoms with Gasteiger partial charge in [0.1, 0.15) is 0 Å². The van der Waals surface area contributed by atoms with Crippen LogP contribution in [0, 0.1) is 0 Å². The molecule has 0 N–H and O–H groups in total. The van der Waals surface area contributed by atoms with Crippen LogP contribution in [-0.2, 0) is 0 Å². The van der Waals surface area contributed by atoms with E-state index in [0.29, 0.717) is 0 Å². The molecule has 96 valence electrons. The second-order valence-corrected chi connectivity index (χ2v) is 5.54. The lowest BCUT2D eigenvalue weighted by atomic mass is 10.3. The molecule has 0 unspecified atom stereocenters. The Morgan fingerprint density at radius 1 is 0.529 bits per heavy atom. The van der Waals surface area contributed by atoms with Gasteiger partial charge in [-0.2, -0.15) is 19.4 Å². The first-order valence-electron chi connectivity index (χ1n) is 3.48. The zero-order valence-electron chi connectivity index (χ0n) is 7.31. The monoisotopic (exact) mass is 362 g/mol. The van der Waals surface area contributed by atoms with Gasteiger partial charge in [-0.1, -0.05) is 11.6 Å². The van der Waals surface area contributed by atoms with Crippen molar-refractivity contribution in [2.24, 2.45) is 0 Å². The summed E-state index contributed by atoms with van der Waals surface area (Å²) in [5, 5.41) is -0.483. The lowest BCUT2D eigenvalue weighted by molar-refractivity contribution is 0.828. The summed E-state index contributed by atoms with van der Waals surface area (Å²) in [6.45, 7) is 0. The summed E-state index contributed by atoms with van der Waals surface area (Å²) < 4.78 is 63.1. The van der Waals surface area contributed by atoms with Crippen molar-refractivity contribution in [1.82, 2.24) is 0 Å². The van der Waals surface area contributed by atoms with Gasteiger partial charge in [0.15, 0.2) is 0 Å². The fourth-order valence-corrected chi connectivity index (χ4v) is 4.17. The molecule has 0 atom stereocenters. The van der Waals surface area contributed by atoms with E-state index in [4.69, 9.17) is 11.6 Å². The van der Waals surface area contributed by atoms with Gasteiger partial charge in [-0.25, -0.2) is 0 Å². The van der Waals surface area contributed by atoms with Gasteiger partial charge in [-0.3, -0.25) is 0 Å². The molecule has 0 amide bonds. The molecule has 0 heterocycles. The first-order valence-corrected chi connectivity index (χ1v) is 7.44. The highest BCUT2D eigenvalue weighted by Gasteiger charge is 2.27. The third-order valence-corrected chi connectivity index (χ3v) is 5.54. The molecule has 17 heavy (non-hydrogen) atoms. The molecule has 0 radical (unpaired) electrons. The van der Waals surface area contributed by atoms with Gasteiger partial charge in [0, 0.05) is 0 Å². The van der Waals surface area contributed by atoms with E-state index >= 15 is 0 Å². The fraction of sp³-hybridized carbons (Fsp3) is 0. The van der Waals surface area contributed by atoms with Crippen LogP contribution in [0.15, 0.2) is 24.5 Å². The van der Waals surface area contributed by atoms with Crippen molar-refractivity contribution in [3.8, 4) is 0 Å². The molecule has 0 bridgehead atoms. The van der Waals surface area contributed by atoms with E-state index in [1.54, 1.807) is 0 Å². The number of hydrogen-bond acceptors (Lipinski definition) is 5. The van der Waals surface area contributed by atoms with Gasteiger partial charge >= 0.3 is 0 Å². The largest absolute Gasteiger partial charge is 0.159 e. The molecule has 0 saturated heterocycles. The lowest BCUT2D eigenvalue weighted by Gasteiger charge is -2.13. The van der Waals surface area contributed by atoms with E-state index in [0.717, 1.165) is 0 Å².